The number of nitrogen functional groups attached to an aromatic ring is 1. The SMILES string of the molecule is Cc1nc(N)c2ncn(Cc3cc(C#N)ccc3F)c2n1. The second-order valence-corrected chi connectivity index (χ2v) is 4.62. The van der Waals surface area contributed by atoms with Crippen LogP contribution < -0.4 is 5.73 Å². The summed E-state index contributed by atoms with van der Waals surface area (Å²) in [4.78, 5) is 12.5. The van der Waals surface area contributed by atoms with Gasteiger partial charge in [0.15, 0.2) is 11.5 Å². The average Bonchev–Trinajstić information content (AvgIpc) is 2.84. The highest BCUT2D eigenvalue weighted by molar-refractivity contribution is 5.81. The van der Waals surface area contributed by atoms with E-state index in [0.717, 1.165) is 0 Å². The van der Waals surface area contributed by atoms with Gasteiger partial charge in [0.2, 0.25) is 0 Å². The molecule has 21 heavy (non-hydrogen) atoms. The van der Waals surface area contributed by atoms with Crippen LogP contribution in [0.3, 0.4) is 0 Å². The molecule has 0 fully saturated rings. The summed E-state index contributed by atoms with van der Waals surface area (Å²) in [7, 11) is 0. The number of aryl methyl sites for hydroxylation is 1. The number of aromatic nitrogens is 4. The van der Waals surface area contributed by atoms with Gasteiger partial charge in [-0.2, -0.15) is 5.26 Å². The first-order valence-corrected chi connectivity index (χ1v) is 6.22. The molecule has 0 unspecified atom stereocenters. The van der Waals surface area contributed by atoms with Crippen molar-refractivity contribution < 1.29 is 4.39 Å². The number of halogens is 1. The maximum Gasteiger partial charge on any atom is 0.166 e. The molecule has 0 aliphatic carbocycles. The molecule has 3 rings (SSSR count). The Labute approximate surface area is 119 Å². The van der Waals surface area contributed by atoms with Crippen molar-refractivity contribution in [2.24, 2.45) is 0 Å². The fourth-order valence-electron chi connectivity index (χ4n) is 2.14. The zero-order valence-electron chi connectivity index (χ0n) is 11.2. The third-order valence-electron chi connectivity index (χ3n) is 3.12. The van der Waals surface area contributed by atoms with Crippen molar-refractivity contribution >= 4 is 17.0 Å². The minimum Gasteiger partial charge on any atom is -0.382 e. The van der Waals surface area contributed by atoms with E-state index in [4.69, 9.17) is 11.0 Å². The molecule has 0 spiro atoms. The van der Waals surface area contributed by atoms with Crippen LogP contribution in [0.2, 0.25) is 0 Å². The lowest BCUT2D eigenvalue weighted by molar-refractivity contribution is 0.600. The molecule has 0 radical (unpaired) electrons. The van der Waals surface area contributed by atoms with E-state index in [2.05, 4.69) is 15.0 Å². The molecule has 0 aliphatic rings. The van der Waals surface area contributed by atoms with Crippen LogP contribution in [0.25, 0.3) is 11.2 Å². The predicted octanol–water partition coefficient (Wildman–Crippen LogP) is 1.78. The monoisotopic (exact) mass is 282 g/mol. The molecule has 0 saturated carbocycles. The number of hydrogen-bond acceptors (Lipinski definition) is 5. The van der Waals surface area contributed by atoms with Crippen molar-refractivity contribution in [3.8, 4) is 6.07 Å². The number of nitriles is 1. The minimum absolute atomic E-state index is 0.216. The summed E-state index contributed by atoms with van der Waals surface area (Å²) in [5, 5.41) is 8.89. The second-order valence-electron chi connectivity index (χ2n) is 4.62. The van der Waals surface area contributed by atoms with Gasteiger partial charge in [-0.1, -0.05) is 0 Å². The van der Waals surface area contributed by atoms with E-state index in [1.807, 2.05) is 6.07 Å². The van der Waals surface area contributed by atoms with Crippen molar-refractivity contribution in [3.63, 3.8) is 0 Å². The van der Waals surface area contributed by atoms with Crippen molar-refractivity contribution in [2.75, 3.05) is 5.73 Å². The van der Waals surface area contributed by atoms with E-state index in [1.165, 1.54) is 24.5 Å². The minimum atomic E-state index is -0.380. The first kappa shape index (κ1) is 13.0. The van der Waals surface area contributed by atoms with Crippen LogP contribution in [0.1, 0.15) is 17.0 Å². The number of hydrogen-bond donors (Lipinski definition) is 1. The summed E-state index contributed by atoms with van der Waals surface area (Å²) >= 11 is 0. The van der Waals surface area contributed by atoms with Crippen LogP contribution in [0.4, 0.5) is 10.2 Å². The third-order valence-corrected chi connectivity index (χ3v) is 3.12. The maximum absolute atomic E-state index is 13.9. The molecule has 3 aromatic rings. The van der Waals surface area contributed by atoms with Gasteiger partial charge in [-0.3, -0.25) is 0 Å². The summed E-state index contributed by atoms with van der Waals surface area (Å²) in [6, 6.07) is 6.22. The van der Waals surface area contributed by atoms with Gasteiger partial charge in [0.1, 0.15) is 17.2 Å². The molecular formula is C14H11FN6. The summed E-state index contributed by atoms with van der Waals surface area (Å²) in [5.41, 5.74) is 7.62. The average molecular weight is 282 g/mol. The van der Waals surface area contributed by atoms with E-state index < -0.39 is 0 Å². The molecule has 2 aromatic heterocycles. The molecule has 7 heteroatoms. The van der Waals surface area contributed by atoms with E-state index in [1.54, 1.807) is 11.5 Å². The van der Waals surface area contributed by atoms with E-state index in [9.17, 15) is 4.39 Å². The molecule has 2 N–H and O–H groups in total. The van der Waals surface area contributed by atoms with Crippen molar-refractivity contribution in [1.29, 1.82) is 5.26 Å². The van der Waals surface area contributed by atoms with Gasteiger partial charge in [-0.15, -0.1) is 0 Å². The number of fused-ring (bicyclic) bond motifs is 1. The van der Waals surface area contributed by atoms with Crippen LogP contribution >= 0.6 is 0 Å². The number of benzene rings is 1. The van der Waals surface area contributed by atoms with Crippen LogP contribution in [-0.4, -0.2) is 19.5 Å². The van der Waals surface area contributed by atoms with E-state index in [-0.39, 0.29) is 12.4 Å². The summed E-state index contributed by atoms with van der Waals surface area (Å²) < 4.78 is 15.5. The Morgan fingerprint density at radius 2 is 2.19 bits per heavy atom. The molecule has 0 amide bonds. The molecular weight excluding hydrogens is 271 g/mol. The lowest BCUT2D eigenvalue weighted by atomic mass is 10.1. The topological polar surface area (TPSA) is 93.4 Å². The number of anilines is 1. The maximum atomic E-state index is 13.9. The first-order valence-electron chi connectivity index (χ1n) is 6.22. The summed E-state index contributed by atoms with van der Waals surface area (Å²) in [5.74, 6) is 0.435. The first-order chi connectivity index (χ1) is 10.1. The molecule has 2 heterocycles. The van der Waals surface area contributed by atoms with Gasteiger partial charge in [-0.25, -0.2) is 19.3 Å². The predicted molar refractivity (Wildman–Crippen MR) is 74.7 cm³/mol. The Morgan fingerprint density at radius 3 is 2.95 bits per heavy atom. The zero-order chi connectivity index (χ0) is 15.0. The molecule has 0 saturated heterocycles. The highest BCUT2D eigenvalue weighted by Crippen LogP contribution is 2.18. The normalized spacial score (nSPS) is 10.7. The van der Waals surface area contributed by atoms with Gasteiger partial charge in [0, 0.05) is 5.56 Å². The highest BCUT2D eigenvalue weighted by Gasteiger charge is 2.12. The van der Waals surface area contributed by atoms with Crippen LogP contribution in [0.5, 0.6) is 0 Å². The Balaban J connectivity index is 2.09. The van der Waals surface area contributed by atoms with E-state index in [0.29, 0.717) is 33.9 Å². The number of rotatable bonds is 2. The number of nitrogens with zero attached hydrogens (tertiary/aromatic N) is 5. The van der Waals surface area contributed by atoms with Gasteiger partial charge in [-0.05, 0) is 25.1 Å². The molecule has 104 valence electrons. The molecule has 0 atom stereocenters. The summed E-state index contributed by atoms with van der Waals surface area (Å²) in [6.45, 7) is 1.94. The van der Waals surface area contributed by atoms with Gasteiger partial charge < -0.3 is 10.3 Å². The van der Waals surface area contributed by atoms with Crippen LogP contribution in [0, 0.1) is 24.1 Å². The molecule has 0 aliphatic heterocycles. The Hall–Kier alpha value is -3.01. The molecule has 0 bridgehead atoms. The third kappa shape index (κ3) is 2.27. The van der Waals surface area contributed by atoms with Gasteiger partial charge >= 0.3 is 0 Å². The second kappa shape index (κ2) is 4.83. The molecule has 6 nitrogen and oxygen atoms in total. The van der Waals surface area contributed by atoms with Gasteiger partial charge in [0.25, 0.3) is 0 Å². The van der Waals surface area contributed by atoms with Crippen LogP contribution in [-0.2, 0) is 6.54 Å². The number of imidazole rings is 1. The number of nitrogens with two attached hydrogens (primary N) is 1. The van der Waals surface area contributed by atoms with Crippen molar-refractivity contribution in [2.45, 2.75) is 13.5 Å². The fraction of sp³-hybridized carbons (Fsp3) is 0.143. The largest absolute Gasteiger partial charge is 0.382 e. The lowest BCUT2D eigenvalue weighted by Gasteiger charge is -2.06. The fourth-order valence-corrected chi connectivity index (χ4v) is 2.14. The zero-order valence-corrected chi connectivity index (χ0v) is 11.2. The van der Waals surface area contributed by atoms with Gasteiger partial charge in [0.05, 0.1) is 24.5 Å². The van der Waals surface area contributed by atoms with Crippen molar-refractivity contribution in [3.05, 3.63) is 47.3 Å². The summed E-state index contributed by atoms with van der Waals surface area (Å²) in [6.07, 6.45) is 1.54. The van der Waals surface area contributed by atoms with E-state index >= 15 is 0 Å². The Bertz CT molecular complexity index is 877. The van der Waals surface area contributed by atoms with Crippen LogP contribution in [0.15, 0.2) is 24.5 Å². The Morgan fingerprint density at radius 1 is 1.38 bits per heavy atom. The highest BCUT2D eigenvalue weighted by atomic mass is 19.1. The quantitative estimate of drug-likeness (QED) is 0.773. The van der Waals surface area contributed by atoms with Crippen molar-refractivity contribution in [1.82, 2.24) is 19.5 Å². The standard InChI is InChI=1S/C14H11FN6/c1-8-19-13(17)12-14(20-8)21(7-18-12)6-10-4-9(5-16)2-3-11(10)15/h2-4,7H,6H2,1H3,(H2,17,19,20). The smallest absolute Gasteiger partial charge is 0.166 e. The molecule has 1 aromatic carbocycles. The lowest BCUT2D eigenvalue weighted by Crippen LogP contribution is -2.04. The Kier molecular flexibility index (Phi) is 2.99.